The highest BCUT2D eigenvalue weighted by atomic mass is 19.1. The minimum Gasteiger partial charge on any atom is -0.247 e. The Morgan fingerprint density at radius 1 is 1.27 bits per heavy atom. The molecule has 0 aromatic rings. The Bertz CT molecular complexity index is 174. The van der Waals surface area contributed by atoms with Crippen LogP contribution in [0, 0.1) is 23.2 Å². The largest absolute Gasteiger partial charge is 0.247 e. The Morgan fingerprint density at radius 2 is 1.91 bits per heavy atom. The van der Waals surface area contributed by atoms with Crippen LogP contribution in [0.2, 0.25) is 0 Å². The molecule has 0 nitrogen and oxygen atoms in total. The van der Waals surface area contributed by atoms with E-state index in [1.165, 1.54) is 6.42 Å². The molecule has 4 unspecified atom stereocenters. The summed E-state index contributed by atoms with van der Waals surface area (Å²) in [4.78, 5) is 0. The standard InChI is InChI=1S/C10H17F/c1-6-4-5-7-8(9(6)11)10(7,2)3/h6-9H,4-5H2,1-3H3. The van der Waals surface area contributed by atoms with E-state index in [1.54, 1.807) is 0 Å². The quantitative estimate of drug-likeness (QED) is 0.505. The monoisotopic (exact) mass is 156 g/mol. The SMILES string of the molecule is CC1CCC2C(C1F)C2(C)C. The number of alkyl halides is 1. The van der Waals surface area contributed by atoms with Crippen LogP contribution in [0.15, 0.2) is 0 Å². The van der Waals surface area contributed by atoms with Gasteiger partial charge in [0.2, 0.25) is 0 Å². The summed E-state index contributed by atoms with van der Waals surface area (Å²) in [6.45, 7) is 6.48. The molecule has 0 aliphatic heterocycles. The van der Waals surface area contributed by atoms with Gasteiger partial charge in [0.05, 0.1) is 0 Å². The van der Waals surface area contributed by atoms with Gasteiger partial charge in [0.1, 0.15) is 6.17 Å². The Hall–Kier alpha value is -0.0700. The highest BCUT2D eigenvalue weighted by Crippen LogP contribution is 2.66. The normalized spacial score (nSPS) is 53.5. The zero-order valence-electron chi connectivity index (χ0n) is 7.60. The molecule has 0 N–H and O–H groups in total. The molecule has 64 valence electrons. The van der Waals surface area contributed by atoms with E-state index in [-0.39, 0.29) is 0 Å². The van der Waals surface area contributed by atoms with E-state index >= 15 is 0 Å². The topological polar surface area (TPSA) is 0 Å². The van der Waals surface area contributed by atoms with Gasteiger partial charge in [-0.1, -0.05) is 20.8 Å². The lowest BCUT2D eigenvalue weighted by Crippen LogP contribution is -2.20. The summed E-state index contributed by atoms with van der Waals surface area (Å²) in [7, 11) is 0. The number of hydrogen-bond acceptors (Lipinski definition) is 0. The van der Waals surface area contributed by atoms with E-state index in [4.69, 9.17) is 0 Å². The molecule has 0 bridgehead atoms. The molecule has 2 saturated carbocycles. The summed E-state index contributed by atoms with van der Waals surface area (Å²) in [6, 6.07) is 0. The molecular weight excluding hydrogens is 139 g/mol. The van der Waals surface area contributed by atoms with Gasteiger partial charge < -0.3 is 0 Å². The van der Waals surface area contributed by atoms with Crippen molar-refractivity contribution in [1.29, 1.82) is 0 Å². The van der Waals surface area contributed by atoms with Crippen LogP contribution in [0.4, 0.5) is 4.39 Å². The molecule has 2 rings (SSSR count). The van der Waals surface area contributed by atoms with Crippen molar-refractivity contribution in [2.24, 2.45) is 23.2 Å². The summed E-state index contributed by atoms with van der Waals surface area (Å²) >= 11 is 0. The van der Waals surface area contributed by atoms with Crippen molar-refractivity contribution in [3.05, 3.63) is 0 Å². The lowest BCUT2D eigenvalue weighted by molar-refractivity contribution is 0.159. The van der Waals surface area contributed by atoms with Crippen LogP contribution < -0.4 is 0 Å². The highest BCUT2D eigenvalue weighted by molar-refractivity contribution is 5.11. The molecule has 11 heavy (non-hydrogen) atoms. The second-order valence-corrected chi connectivity index (χ2v) is 4.95. The van der Waals surface area contributed by atoms with Crippen molar-refractivity contribution in [3.63, 3.8) is 0 Å². The molecule has 0 amide bonds. The molecule has 4 atom stereocenters. The number of hydrogen-bond donors (Lipinski definition) is 0. The van der Waals surface area contributed by atoms with Crippen LogP contribution in [0.3, 0.4) is 0 Å². The molecule has 0 saturated heterocycles. The molecule has 0 spiro atoms. The minimum absolute atomic E-state index is 0.318. The molecule has 2 aliphatic carbocycles. The van der Waals surface area contributed by atoms with Crippen molar-refractivity contribution < 1.29 is 4.39 Å². The van der Waals surface area contributed by atoms with Gasteiger partial charge in [0.15, 0.2) is 0 Å². The first-order chi connectivity index (χ1) is 5.05. The average molecular weight is 156 g/mol. The maximum Gasteiger partial charge on any atom is 0.106 e. The van der Waals surface area contributed by atoms with Gasteiger partial charge in [-0.15, -0.1) is 0 Å². The molecule has 0 aromatic carbocycles. The Morgan fingerprint density at radius 3 is 2.45 bits per heavy atom. The van der Waals surface area contributed by atoms with E-state index in [2.05, 4.69) is 20.8 Å². The van der Waals surface area contributed by atoms with Crippen LogP contribution in [0.1, 0.15) is 33.6 Å². The number of rotatable bonds is 0. The maximum absolute atomic E-state index is 13.5. The van der Waals surface area contributed by atoms with Crippen molar-refractivity contribution >= 4 is 0 Å². The minimum atomic E-state index is -0.510. The third-order valence-corrected chi connectivity index (χ3v) is 3.96. The van der Waals surface area contributed by atoms with E-state index in [9.17, 15) is 4.39 Å². The zero-order valence-corrected chi connectivity index (χ0v) is 7.60. The first kappa shape index (κ1) is 7.57. The fourth-order valence-electron chi connectivity index (χ4n) is 2.93. The fourth-order valence-corrected chi connectivity index (χ4v) is 2.93. The third-order valence-electron chi connectivity index (χ3n) is 3.96. The maximum atomic E-state index is 13.5. The fraction of sp³-hybridized carbons (Fsp3) is 1.00. The van der Waals surface area contributed by atoms with E-state index in [1.807, 2.05) is 0 Å². The van der Waals surface area contributed by atoms with Gasteiger partial charge in [-0.2, -0.15) is 0 Å². The van der Waals surface area contributed by atoms with Crippen molar-refractivity contribution in [3.8, 4) is 0 Å². The van der Waals surface area contributed by atoms with Crippen LogP contribution in [0.25, 0.3) is 0 Å². The Balaban J connectivity index is 2.12. The first-order valence-electron chi connectivity index (χ1n) is 4.69. The lowest BCUT2D eigenvalue weighted by atomic mass is 9.89. The van der Waals surface area contributed by atoms with Gasteiger partial charge in [-0.25, -0.2) is 4.39 Å². The van der Waals surface area contributed by atoms with Crippen LogP contribution in [-0.4, -0.2) is 6.17 Å². The van der Waals surface area contributed by atoms with Gasteiger partial charge in [0.25, 0.3) is 0 Å². The number of halogens is 1. The van der Waals surface area contributed by atoms with Gasteiger partial charge >= 0.3 is 0 Å². The average Bonchev–Trinajstić information content (AvgIpc) is 2.46. The second kappa shape index (κ2) is 1.99. The van der Waals surface area contributed by atoms with Gasteiger partial charge in [0, 0.05) is 0 Å². The summed E-state index contributed by atoms with van der Waals surface area (Å²) in [5.74, 6) is 1.41. The van der Waals surface area contributed by atoms with Crippen LogP contribution >= 0.6 is 0 Å². The Labute approximate surface area is 68.2 Å². The smallest absolute Gasteiger partial charge is 0.106 e. The predicted octanol–water partition coefficient (Wildman–Crippen LogP) is 3.03. The molecule has 0 radical (unpaired) electrons. The third kappa shape index (κ3) is 0.861. The first-order valence-corrected chi connectivity index (χ1v) is 4.69. The molecule has 0 heterocycles. The zero-order chi connectivity index (χ0) is 8.22. The summed E-state index contributed by atoms with van der Waals surface area (Å²) < 4.78 is 13.5. The molecule has 1 heteroatoms. The summed E-state index contributed by atoms with van der Waals surface area (Å²) in [6.07, 6.45) is 1.86. The van der Waals surface area contributed by atoms with E-state index < -0.39 is 6.17 Å². The van der Waals surface area contributed by atoms with Crippen LogP contribution in [0.5, 0.6) is 0 Å². The molecule has 0 aromatic heterocycles. The van der Waals surface area contributed by atoms with E-state index in [0.717, 1.165) is 6.42 Å². The van der Waals surface area contributed by atoms with Gasteiger partial charge in [-0.3, -0.25) is 0 Å². The summed E-state index contributed by atoms with van der Waals surface area (Å²) in [5.41, 5.74) is 0.324. The van der Waals surface area contributed by atoms with Crippen molar-refractivity contribution in [2.75, 3.05) is 0 Å². The molecular formula is C10H17F. The molecule has 2 aliphatic rings. The number of fused-ring (bicyclic) bond motifs is 1. The molecule has 2 fully saturated rings. The van der Waals surface area contributed by atoms with Crippen molar-refractivity contribution in [1.82, 2.24) is 0 Å². The van der Waals surface area contributed by atoms with Gasteiger partial charge in [-0.05, 0) is 36.0 Å². The predicted molar refractivity (Wildman–Crippen MR) is 44.1 cm³/mol. The second-order valence-electron chi connectivity index (χ2n) is 4.95. The summed E-state index contributed by atoms with van der Waals surface area (Å²) in [5, 5.41) is 0. The highest BCUT2D eigenvalue weighted by Gasteiger charge is 2.63. The van der Waals surface area contributed by atoms with E-state index in [0.29, 0.717) is 23.2 Å². The Kier molecular flexibility index (Phi) is 1.37. The lowest BCUT2D eigenvalue weighted by Gasteiger charge is -2.21. The van der Waals surface area contributed by atoms with Crippen molar-refractivity contribution in [2.45, 2.75) is 39.8 Å². The van der Waals surface area contributed by atoms with Crippen LogP contribution in [-0.2, 0) is 0 Å².